The Morgan fingerprint density at radius 3 is 2.31 bits per heavy atom. The minimum atomic E-state index is -0.376. The van der Waals surface area contributed by atoms with Gasteiger partial charge in [-0.15, -0.1) is 0 Å². The van der Waals surface area contributed by atoms with E-state index in [1.807, 2.05) is 13.8 Å². The summed E-state index contributed by atoms with van der Waals surface area (Å²) in [7, 11) is 1.37. The molecule has 0 aromatic rings. The van der Waals surface area contributed by atoms with E-state index in [0.29, 0.717) is 18.4 Å². The molecule has 0 radical (unpaired) electrons. The van der Waals surface area contributed by atoms with Crippen molar-refractivity contribution in [2.45, 2.75) is 39.7 Å². The highest BCUT2D eigenvalue weighted by Gasteiger charge is 2.11. The van der Waals surface area contributed by atoms with Gasteiger partial charge in [-0.25, -0.2) is 4.79 Å². The lowest BCUT2D eigenvalue weighted by Crippen LogP contribution is -2.09. The zero-order valence-electron chi connectivity index (χ0n) is 8.76. The van der Waals surface area contributed by atoms with Gasteiger partial charge in [0.1, 0.15) is 0 Å². The first-order valence-electron chi connectivity index (χ1n) is 4.41. The van der Waals surface area contributed by atoms with Crippen molar-refractivity contribution in [2.24, 2.45) is 0 Å². The van der Waals surface area contributed by atoms with Crippen LogP contribution in [0.3, 0.4) is 0 Å². The molecule has 0 aromatic carbocycles. The molecular weight excluding hydrogens is 168 g/mol. The van der Waals surface area contributed by atoms with Crippen molar-refractivity contribution in [3.63, 3.8) is 0 Å². The summed E-state index contributed by atoms with van der Waals surface area (Å²) < 4.78 is 4.63. The highest BCUT2D eigenvalue weighted by molar-refractivity contribution is 5.89. The van der Waals surface area contributed by atoms with E-state index in [2.05, 4.69) is 4.74 Å². The molecule has 0 rings (SSSR count). The molecule has 1 unspecified atom stereocenters. The zero-order valence-corrected chi connectivity index (χ0v) is 8.76. The zero-order chi connectivity index (χ0) is 10.4. The van der Waals surface area contributed by atoms with Gasteiger partial charge in [-0.05, 0) is 33.6 Å². The molecule has 0 fully saturated rings. The summed E-state index contributed by atoms with van der Waals surface area (Å²) in [5.74, 6) is -0.291. The third kappa shape index (κ3) is 4.68. The van der Waals surface area contributed by atoms with Crippen LogP contribution in [0, 0.1) is 0 Å². The van der Waals surface area contributed by atoms with Gasteiger partial charge in [-0.1, -0.05) is 5.57 Å². The summed E-state index contributed by atoms with van der Waals surface area (Å²) in [5, 5.41) is 9.06. The van der Waals surface area contributed by atoms with Crippen molar-refractivity contribution in [2.75, 3.05) is 7.11 Å². The number of methoxy groups -OCH3 is 1. The molecule has 0 bridgehead atoms. The SMILES string of the molecule is COC(=O)C(CCC(C)O)=C(C)C. The van der Waals surface area contributed by atoms with Crippen molar-refractivity contribution in [1.82, 2.24) is 0 Å². The number of allylic oxidation sites excluding steroid dienone is 1. The Kier molecular flexibility index (Phi) is 5.39. The van der Waals surface area contributed by atoms with Crippen LogP contribution in [0.5, 0.6) is 0 Å². The van der Waals surface area contributed by atoms with Crippen LogP contribution in [-0.2, 0) is 9.53 Å². The normalized spacial score (nSPS) is 12.1. The molecule has 0 saturated heterocycles. The van der Waals surface area contributed by atoms with Gasteiger partial charge >= 0.3 is 5.97 Å². The predicted octanol–water partition coefficient (Wildman–Crippen LogP) is 1.66. The third-order valence-electron chi connectivity index (χ3n) is 1.85. The molecule has 0 spiro atoms. The fraction of sp³-hybridized carbons (Fsp3) is 0.700. The van der Waals surface area contributed by atoms with Crippen molar-refractivity contribution < 1.29 is 14.6 Å². The van der Waals surface area contributed by atoms with Gasteiger partial charge in [0.05, 0.1) is 13.2 Å². The maximum atomic E-state index is 11.2. The van der Waals surface area contributed by atoms with E-state index in [-0.39, 0.29) is 12.1 Å². The van der Waals surface area contributed by atoms with Gasteiger partial charge in [-0.2, -0.15) is 0 Å². The quantitative estimate of drug-likeness (QED) is 0.536. The minimum Gasteiger partial charge on any atom is -0.466 e. The lowest BCUT2D eigenvalue weighted by molar-refractivity contribution is -0.136. The standard InChI is InChI=1S/C10H18O3/c1-7(2)9(10(12)13-4)6-5-8(3)11/h8,11H,5-6H2,1-4H3. The number of esters is 1. The molecule has 0 amide bonds. The molecule has 3 heteroatoms. The molecule has 1 N–H and O–H groups in total. The summed E-state index contributed by atoms with van der Waals surface area (Å²) in [4.78, 5) is 11.2. The average Bonchev–Trinajstić information content (AvgIpc) is 2.03. The Labute approximate surface area is 79.4 Å². The lowest BCUT2D eigenvalue weighted by Gasteiger charge is -2.08. The molecule has 76 valence electrons. The van der Waals surface area contributed by atoms with Gasteiger partial charge < -0.3 is 9.84 Å². The largest absolute Gasteiger partial charge is 0.466 e. The van der Waals surface area contributed by atoms with Crippen molar-refractivity contribution in [3.05, 3.63) is 11.1 Å². The molecular formula is C10H18O3. The molecule has 0 aliphatic carbocycles. The smallest absolute Gasteiger partial charge is 0.333 e. The van der Waals surface area contributed by atoms with Gasteiger partial charge in [-0.3, -0.25) is 0 Å². The van der Waals surface area contributed by atoms with E-state index >= 15 is 0 Å². The first-order valence-corrected chi connectivity index (χ1v) is 4.41. The number of aliphatic hydroxyl groups excluding tert-OH is 1. The van der Waals surface area contributed by atoms with Crippen LogP contribution in [0.1, 0.15) is 33.6 Å². The van der Waals surface area contributed by atoms with Crippen LogP contribution in [0.25, 0.3) is 0 Å². The number of rotatable bonds is 4. The van der Waals surface area contributed by atoms with E-state index in [4.69, 9.17) is 5.11 Å². The van der Waals surface area contributed by atoms with E-state index < -0.39 is 0 Å². The topological polar surface area (TPSA) is 46.5 Å². The number of carbonyl (C=O) groups is 1. The van der Waals surface area contributed by atoms with Crippen LogP contribution in [0.4, 0.5) is 0 Å². The first kappa shape index (κ1) is 12.2. The molecule has 0 aromatic heterocycles. The highest BCUT2D eigenvalue weighted by Crippen LogP contribution is 2.13. The Morgan fingerprint density at radius 2 is 2.00 bits per heavy atom. The first-order chi connectivity index (χ1) is 5.99. The second-order valence-electron chi connectivity index (χ2n) is 3.36. The summed E-state index contributed by atoms with van der Waals surface area (Å²) in [5.41, 5.74) is 1.62. The van der Waals surface area contributed by atoms with Gasteiger partial charge in [0, 0.05) is 5.57 Å². The fourth-order valence-corrected chi connectivity index (χ4v) is 1.03. The maximum Gasteiger partial charge on any atom is 0.333 e. The van der Waals surface area contributed by atoms with E-state index in [0.717, 1.165) is 5.57 Å². The van der Waals surface area contributed by atoms with Crippen molar-refractivity contribution >= 4 is 5.97 Å². The van der Waals surface area contributed by atoms with Crippen LogP contribution in [0.15, 0.2) is 11.1 Å². The van der Waals surface area contributed by atoms with E-state index in [9.17, 15) is 4.79 Å². The van der Waals surface area contributed by atoms with Gasteiger partial charge in [0.2, 0.25) is 0 Å². The Bertz CT molecular complexity index is 200. The number of carbonyl (C=O) groups excluding carboxylic acids is 1. The van der Waals surface area contributed by atoms with Crippen LogP contribution in [0.2, 0.25) is 0 Å². The van der Waals surface area contributed by atoms with E-state index in [1.165, 1.54) is 7.11 Å². The second-order valence-corrected chi connectivity index (χ2v) is 3.36. The third-order valence-corrected chi connectivity index (χ3v) is 1.85. The Balaban J connectivity index is 4.30. The summed E-state index contributed by atoms with van der Waals surface area (Å²) >= 11 is 0. The Morgan fingerprint density at radius 1 is 1.46 bits per heavy atom. The van der Waals surface area contributed by atoms with Crippen molar-refractivity contribution in [1.29, 1.82) is 0 Å². The maximum absolute atomic E-state index is 11.2. The predicted molar refractivity (Wildman–Crippen MR) is 51.3 cm³/mol. The minimum absolute atomic E-state index is 0.291. The molecule has 0 aliphatic rings. The Hall–Kier alpha value is -0.830. The molecule has 1 atom stereocenters. The molecule has 13 heavy (non-hydrogen) atoms. The molecule has 3 nitrogen and oxygen atoms in total. The number of hydrogen-bond acceptors (Lipinski definition) is 3. The lowest BCUT2D eigenvalue weighted by atomic mass is 10.0. The number of hydrogen-bond donors (Lipinski definition) is 1. The van der Waals surface area contributed by atoms with Crippen molar-refractivity contribution in [3.8, 4) is 0 Å². The van der Waals surface area contributed by atoms with Crippen LogP contribution in [-0.4, -0.2) is 24.3 Å². The molecule has 0 saturated carbocycles. The summed E-state index contributed by atoms with van der Waals surface area (Å²) in [6.45, 7) is 5.45. The van der Waals surface area contributed by atoms with E-state index in [1.54, 1.807) is 6.92 Å². The average molecular weight is 186 g/mol. The fourth-order valence-electron chi connectivity index (χ4n) is 1.03. The van der Waals surface area contributed by atoms with Crippen LogP contribution >= 0.6 is 0 Å². The number of ether oxygens (including phenoxy) is 1. The van der Waals surface area contributed by atoms with Gasteiger partial charge in [0.15, 0.2) is 0 Å². The van der Waals surface area contributed by atoms with Gasteiger partial charge in [0.25, 0.3) is 0 Å². The second kappa shape index (κ2) is 5.75. The molecule has 0 heterocycles. The highest BCUT2D eigenvalue weighted by atomic mass is 16.5. The summed E-state index contributed by atoms with van der Waals surface area (Å²) in [6.07, 6.45) is 0.793. The number of aliphatic hydroxyl groups is 1. The molecule has 0 aliphatic heterocycles. The summed E-state index contributed by atoms with van der Waals surface area (Å²) in [6, 6.07) is 0. The monoisotopic (exact) mass is 186 g/mol. The van der Waals surface area contributed by atoms with Crippen LogP contribution < -0.4 is 0 Å².